The van der Waals surface area contributed by atoms with Crippen LogP contribution in [-0.4, -0.2) is 56.9 Å². The maximum absolute atomic E-state index is 12.4. The first-order valence-corrected chi connectivity index (χ1v) is 13.1. The Kier molecular flexibility index (Phi) is 6.39. The molecular weight excluding hydrogens is 402 g/mol. The lowest BCUT2D eigenvalue weighted by Gasteiger charge is -2.36. The third-order valence-corrected chi connectivity index (χ3v) is 7.87. The zero-order chi connectivity index (χ0) is 21.3. The van der Waals surface area contributed by atoms with Gasteiger partial charge < -0.3 is 14.4 Å². The second-order valence-corrected chi connectivity index (χ2v) is 11.3. The van der Waals surface area contributed by atoms with Gasteiger partial charge in [-0.1, -0.05) is 6.92 Å². The molecule has 3 aliphatic rings. The smallest absolute Gasteiger partial charge is 0.225 e. The second-order valence-electron chi connectivity index (χ2n) is 9.24. The van der Waals surface area contributed by atoms with Crippen LogP contribution in [-0.2, 0) is 19.4 Å². The molecule has 7 heteroatoms. The molecule has 1 heterocycles. The lowest BCUT2D eigenvalue weighted by molar-refractivity contribution is -0.136. The van der Waals surface area contributed by atoms with Crippen LogP contribution >= 0.6 is 0 Å². The first kappa shape index (κ1) is 21.6. The fourth-order valence-electron chi connectivity index (χ4n) is 4.63. The number of hydrogen-bond donors (Lipinski definition) is 0. The highest BCUT2D eigenvalue weighted by Gasteiger charge is 2.42. The maximum Gasteiger partial charge on any atom is 0.225 e. The molecule has 0 bridgehead atoms. The molecule has 2 saturated carbocycles. The number of hydrogen-bond acceptors (Lipinski definition) is 5. The molecule has 166 valence electrons. The number of sulfone groups is 1. The number of carbonyl (C=O) groups is 1. The highest BCUT2D eigenvalue weighted by molar-refractivity contribution is 7.90. The lowest BCUT2D eigenvalue weighted by atomic mass is 9.94. The third kappa shape index (κ3) is 5.35. The standard InChI is InChI=1S/C23H33NO5S/c1-16-15-22(16)23(25)24-13-11-20(12-14-24)29-18-5-3-17(4-6-18)28-19-7-9-21(10-8-19)30(2,26)27/h7-10,16-18,20,22H,3-6,11-15H2,1-2H3/t16?,17-,18-,22?. The molecule has 0 radical (unpaired) electrons. The van der Waals surface area contributed by atoms with Crippen LogP contribution in [0.15, 0.2) is 29.2 Å². The molecule has 1 amide bonds. The summed E-state index contributed by atoms with van der Waals surface area (Å²) in [5.74, 6) is 1.92. The molecular formula is C23H33NO5S. The minimum Gasteiger partial charge on any atom is -0.490 e. The molecule has 3 fully saturated rings. The molecule has 0 N–H and O–H groups in total. The molecule has 2 unspecified atom stereocenters. The van der Waals surface area contributed by atoms with Crippen LogP contribution in [0.25, 0.3) is 0 Å². The van der Waals surface area contributed by atoms with Crippen molar-refractivity contribution < 1.29 is 22.7 Å². The fraction of sp³-hybridized carbons (Fsp3) is 0.696. The maximum atomic E-state index is 12.4. The van der Waals surface area contributed by atoms with Crippen molar-refractivity contribution in [3.63, 3.8) is 0 Å². The summed E-state index contributed by atoms with van der Waals surface area (Å²) in [6.07, 6.45) is 8.66. The molecule has 6 nitrogen and oxygen atoms in total. The number of carbonyl (C=O) groups excluding carboxylic acids is 1. The highest BCUT2D eigenvalue weighted by atomic mass is 32.2. The van der Waals surface area contributed by atoms with Crippen LogP contribution in [0.4, 0.5) is 0 Å². The quantitative estimate of drug-likeness (QED) is 0.684. The molecule has 0 spiro atoms. The van der Waals surface area contributed by atoms with Crippen LogP contribution in [0, 0.1) is 11.8 Å². The van der Waals surface area contributed by atoms with E-state index in [1.807, 2.05) is 4.90 Å². The van der Waals surface area contributed by atoms with E-state index in [0.717, 1.165) is 58.0 Å². The fourth-order valence-corrected chi connectivity index (χ4v) is 5.26. The van der Waals surface area contributed by atoms with Gasteiger partial charge >= 0.3 is 0 Å². The van der Waals surface area contributed by atoms with Crippen molar-refractivity contribution >= 4 is 15.7 Å². The Bertz CT molecular complexity index is 837. The number of nitrogens with zero attached hydrogens (tertiary/aromatic N) is 1. The Labute approximate surface area is 179 Å². The van der Waals surface area contributed by atoms with Crippen molar-refractivity contribution in [3.05, 3.63) is 24.3 Å². The summed E-state index contributed by atoms with van der Waals surface area (Å²) in [6.45, 7) is 3.81. The van der Waals surface area contributed by atoms with E-state index >= 15 is 0 Å². The van der Waals surface area contributed by atoms with Crippen molar-refractivity contribution in [2.24, 2.45) is 11.8 Å². The van der Waals surface area contributed by atoms with E-state index in [9.17, 15) is 13.2 Å². The molecule has 0 aromatic heterocycles. The molecule has 1 saturated heterocycles. The van der Waals surface area contributed by atoms with Crippen molar-refractivity contribution in [2.45, 2.75) is 75.1 Å². The largest absolute Gasteiger partial charge is 0.490 e. The lowest BCUT2D eigenvalue weighted by Crippen LogP contribution is -2.43. The van der Waals surface area contributed by atoms with Gasteiger partial charge in [-0.05, 0) is 75.1 Å². The van der Waals surface area contributed by atoms with E-state index in [2.05, 4.69) is 6.92 Å². The van der Waals surface area contributed by atoms with Gasteiger partial charge in [-0.15, -0.1) is 0 Å². The SMILES string of the molecule is CC1CC1C(=O)N1CCC(O[C@H]2CC[C@H](Oc3ccc(S(C)(=O)=O)cc3)CC2)CC1. The van der Waals surface area contributed by atoms with Crippen molar-refractivity contribution in [2.75, 3.05) is 19.3 Å². The summed E-state index contributed by atoms with van der Waals surface area (Å²) in [6, 6.07) is 6.66. The molecule has 2 atom stereocenters. The van der Waals surface area contributed by atoms with Gasteiger partial charge in [0.15, 0.2) is 9.84 Å². The zero-order valence-corrected chi connectivity index (χ0v) is 18.8. The molecule has 1 aromatic rings. The number of amides is 1. The van der Waals surface area contributed by atoms with Crippen LogP contribution in [0.2, 0.25) is 0 Å². The van der Waals surface area contributed by atoms with Gasteiger partial charge in [0.2, 0.25) is 5.91 Å². The van der Waals surface area contributed by atoms with E-state index in [0.29, 0.717) is 22.5 Å². The summed E-state index contributed by atoms with van der Waals surface area (Å²) in [5.41, 5.74) is 0. The second kappa shape index (κ2) is 8.87. The Balaban J connectivity index is 1.17. The number of rotatable bonds is 6. The molecule has 1 aromatic carbocycles. The first-order chi connectivity index (χ1) is 14.3. The monoisotopic (exact) mass is 435 g/mol. The van der Waals surface area contributed by atoms with Gasteiger partial charge in [0.05, 0.1) is 23.2 Å². The average Bonchev–Trinajstić information content (AvgIpc) is 3.46. The van der Waals surface area contributed by atoms with Gasteiger partial charge in [-0.3, -0.25) is 4.79 Å². The van der Waals surface area contributed by atoms with E-state index < -0.39 is 9.84 Å². The number of benzene rings is 1. The van der Waals surface area contributed by atoms with Gasteiger partial charge in [-0.2, -0.15) is 0 Å². The van der Waals surface area contributed by atoms with Crippen molar-refractivity contribution in [1.29, 1.82) is 0 Å². The van der Waals surface area contributed by atoms with Crippen LogP contribution in [0.1, 0.15) is 51.9 Å². The summed E-state index contributed by atoms with van der Waals surface area (Å²) >= 11 is 0. The van der Waals surface area contributed by atoms with Gasteiger partial charge in [0.1, 0.15) is 5.75 Å². The first-order valence-electron chi connectivity index (χ1n) is 11.2. The van der Waals surface area contributed by atoms with E-state index in [4.69, 9.17) is 9.47 Å². The Morgan fingerprint density at radius 1 is 0.933 bits per heavy atom. The summed E-state index contributed by atoms with van der Waals surface area (Å²) < 4.78 is 35.5. The Morgan fingerprint density at radius 2 is 1.47 bits per heavy atom. The third-order valence-electron chi connectivity index (χ3n) is 6.74. The number of likely N-dealkylation sites (tertiary alicyclic amines) is 1. The Morgan fingerprint density at radius 3 is 2.00 bits per heavy atom. The number of ether oxygens (including phenoxy) is 2. The van der Waals surface area contributed by atoms with Gasteiger partial charge in [0, 0.05) is 25.3 Å². The molecule has 30 heavy (non-hydrogen) atoms. The summed E-state index contributed by atoms with van der Waals surface area (Å²) in [5, 5.41) is 0. The molecule has 1 aliphatic heterocycles. The van der Waals surface area contributed by atoms with Crippen LogP contribution < -0.4 is 4.74 Å². The predicted octanol–water partition coefficient (Wildman–Crippen LogP) is 3.44. The average molecular weight is 436 g/mol. The summed E-state index contributed by atoms with van der Waals surface area (Å²) in [4.78, 5) is 14.7. The minimum atomic E-state index is -3.18. The number of piperidine rings is 1. The van der Waals surface area contributed by atoms with Crippen molar-refractivity contribution in [1.82, 2.24) is 4.90 Å². The van der Waals surface area contributed by atoms with Crippen molar-refractivity contribution in [3.8, 4) is 5.75 Å². The van der Waals surface area contributed by atoms with E-state index in [-0.39, 0.29) is 24.2 Å². The molecule has 4 rings (SSSR count). The minimum absolute atomic E-state index is 0.147. The zero-order valence-electron chi connectivity index (χ0n) is 18.0. The highest BCUT2D eigenvalue weighted by Crippen LogP contribution is 2.39. The topological polar surface area (TPSA) is 72.9 Å². The van der Waals surface area contributed by atoms with Gasteiger partial charge in [0.25, 0.3) is 0 Å². The summed E-state index contributed by atoms with van der Waals surface area (Å²) in [7, 11) is -3.18. The van der Waals surface area contributed by atoms with Crippen LogP contribution in [0.5, 0.6) is 5.75 Å². The predicted molar refractivity (Wildman–Crippen MR) is 114 cm³/mol. The van der Waals surface area contributed by atoms with Crippen LogP contribution in [0.3, 0.4) is 0 Å². The van der Waals surface area contributed by atoms with E-state index in [1.165, 1.54) is 6.26 Å². The van der Waals surface area contributed by atoms with E-state index in [1.54, 1.807) is 24.3 Å². The Hall–Kier alpha value is -1.60. The van der Waals surface area contributed by atoms with Gasteiger partial charge in [-0.25, -0.2) is 8.42 Å². The normalized spacial score (nSPS) is 30.1. The molecule has 2 aliphatic carbocycles.